The van der Waals surface area contributed by atoms with Gasteiger partial charge in [-0.1, -0.05) is 35.9 Å². The number of para-hydroxylation sites is 1. The zero-order chi connectivity index (χ0) is 24.2. The number of hydrogen-bond donors (Lipinski definition) is 3. The van der Waals surface area contributed by atoms with Gasteiger partial charge < -0.3 is 20.4 Å². The summed E-state index contributed by atoms with van der Waals surface area (Å²) in [6.45, 7) is 1.82. The maximum atomic E-state index is 12.8. The second-order valence-electron chi connectivity index (χ2n) is 7.58. The Morgan fingerprint density at radius 1 is 1.18 bits per heavy atom. The molecule has 10 heteroatoms. The number of hydrogen-bond acceptors (Lipinski definition) is 4. The van der Waals surface area contributed by atoms with E-state index in [-0.39, 0.29) is 18.5 Å². The summed E-state index contributed by atoms with van der Waals surface area (Å²) in [5.41, 5.74) is 2.50. The molecule has 1 aromatic heterocycles. The molecule has 1 amide bonds. The summed E-state index contributed by atoms with van der Waals surface area (Å²) < 4.78 is 43.0. The Kier molecular flexibility index (Phi) is 7.65. The number of benzene rings is 2. The molecule has 0 unspecified atom stereocenters. The van der Waals surface area contributed by atoms with Crippen LogP contribution in [0.4, 0.5) is 13.2 Å². The molecule has 0 fully saturated rings. The first-order valence-corrected chi connectivity index (χ1v) is 10.6. The van der Waals surface area contributed by atoms with Gasteiger partial charge in [-0.2, -0.15) is 13.2 Å². The van der Waals surface area contributed by atoms with Crippen LogP contribution in [0.3, 0.4) is 0 Å². The lowest BCUT2D eigenvalue weighted by molar-refractivity contribution is -0.205. The van der Waals surface area contributed by atoms with Crippen LogP contribution in [0.15, 0.2) is 48.7 Å². The molecule has 0 aliphatic rings. The first-order valence-electron chi connectivity index (χ1n) is 10.2. The third-order valence-electron chi connectivity index (χ3n) is 5.15. The van der Waals surface area contributed by atoms with E-state index in [4.69, 9.17) is 16.3 Å². The molecule has 0 bridgehead atoms. The highest BCUT2D eigenvalue weighted by Gasteiger charge is 2.42. The first-order chi connectivity index (χ1) is 15.6. The Bertz CT molecular complexity index is 1150. The molecule has 0 aliphatic heterocycles. The van der Waals surface area contributed by atoms with Crippen LogP contribution in [0.1, 0.15) is 34.5 Å². The lowest BCUT2D eigenvalue weighted by Crippen LogP contribution is -2.35. The molecule has 2 atom stereocenters. The highest BCUT2D eigenvalue weighted by Crippen LogP contribution is 2.26. The topological polar surface area (TPSA) is 83.2 Å². The molecule has 3 rings (SSSR count). The average Bonchev–Trinajstić information content (AvgIpc) is 3.18. The summed E-state index contributed by atoms with van der Waals surface area (Å²) in [4.78, 5) is 26.6. The number of nitrogens with one attached hydrogen (secondary N) is 3. The maximum absolute atomic E-state index is 12.8. The van der Waals surface area contributed by atoms with Crippen molar-refractivity contribution < 1.29 is 27.5 Å². The lowest BCUT2D eigenvalue weighted by Gasteiger charge is -2.22. The Balaban J connectivity index is 1.73. The van der Waals surface area contributed by atoms with Crippen LogP contribution in [-0.2, 0) is 16.0 Å². The number of carbonyl (C=O) groups is 2. The van der Waals surface area contributed by atoms with Crippen molar-refractivity contribution in [1.82, 2.24) is 15.6 Å². The van der Waals surface area contributed by atoms with E-state index < -0.39 is 18.2 Å². The minimum atomic E-state index is -5.10. The van der Waals surface area contributed by atoms with Gasteiger partial charge in [0.2, 0.25) is 0 Å². The van der Waals surface area contributed by atoms with Crippen molar-refractivity contribution in [3.8, 4) is 0 Å². The number of halogens is 4. The van der Waals surface area contributed by atoms with Gasteiger partial charge in [-0.25, -0.2) is 4.79 Å². The molecule has 33 heavy (non-hydrogen) atoms. The lowest BCUT2D eigenvalue weighted by atomic mass is 10.0. The van der Waals surface area contributed by atoms with E-state index in [1.54, 1.807) is 43.6 Å². The zero-order valence-corrected chi connectivity index (χ0v) is 18.7. The summed E-state index contributed by atoms with van der Waals surface area (Å²) in [7, 11) is 1.55. The molecule has 0 aliphatic carbocycles. The van der Waals surface area contributed by atoms with Crippen LogP contribution in [0.5, 0.6) is 0 Å². The molecule has 176 valence electrons. The standard InChI is InChI=1S/C23H23ClF3N3O3/c1-13(9-15-11-30-20-17(15)7-4-8-18(20)21(31)28-2)29-12-19(33-22(32)23(25,26)27)14-5-3-6-16(24)10-14/h3-8,10-11,13,19,29-30H,9,12H2,1-2H3,(H,28,31)/t13-,19-/m1/s1. The number of aromatic nitrogens is 1. The van der Waals surface area contributed by atoms with Crippen LogP contribution in [0.2, 0.25) is 5.02 Å². The Labute approximate surface area is 193 Å². The molecule has 0 spiro atoms. The summed E-state index contributed by atoms with van der Waals surface area (Å²) >= 11 is 5.96. The highest BCUT2D eigenvalue weighted by atomic mass is 35.5. The van der Waals surface area contributed by atoms with E-state index in [1.165, 1.54) is 6.07 Å². The highest BCUT2D eigenvalue weighted by molar-refractivity contribution is 6.30. The summed E-state index contributed by atoms with van der Waals surface area (Å²) in [5, 5.41) is 6.92. The van der Waals surface area contributed by atoms with Crippen LogP contribution in [-0.4, -0.2) is 42.7 Å². The van der Waals surface area contributed by atoms with Gasteiger partial charge in [-0.3, -0.25) is 4.79 Å². The van der Waals surface area contributed by atoms with Gasteiger partial charge >= 0.3 is 12.1 Å². The summed E-state index contributed by atoms with van der Waals surface area (Å²) in [6, 6.07) is 11.4. The van der Waals surface area contributed by atoms with Gasteiger partial charge in [-0.05, 0) is 42.7 Å². The smallest absolute Gasteiger partial charge is 0.449 e. The number of esters is 1. The van der Waals surface area contributed by atoms with E-state index in [1.807, 2.05) is 13.0 Å². The molecule has 0 saturated carbocycles. The predicted octanol–water partition coefficient (Wildman–Crippen LogP) is 4.55. The number of rotatable bonds is 8. The number of alkyl halides is 3. The van der Waals surface area contributed by atoms with Gasteiger partial charge in [0.15, 0.2) is 0 Å². The van der Waals surface area contributed by atoms with Crippen molar-refractivity contribution in [3.63, 3.8) is 0 Å². The van der Waals surface area contributed by atoms with Gasteiger partial charge in [0, 0.05) is 36.2 Å². The van der Waals surface area contributed by atoms with Crippen LogP contribution in [0, 0.1) is 0 Å². The van der Waals surface area contributed by atoms with E-state index in [0.717, 1.165) is 10.9 Å². The fourth-order valence-electron chi connectivity index (χ4n) is 3.55. The Morgan fingerprint density at radius 3 is 2.58 bits per heavy atom. The van der Waals surface area contributed by atoms with Crippen molar-refractivity contribution >= 4 is 34.4 Å². The van der Waals surface area contributed by atoms with Crippen molar-refractivity contribution in [1.29, 1.82) is 0 Å². The number of aromatic amines is 1. The van der Waals surface area contributed by atoms with Crippen LogP contribution < -0.4 is 10.6 Å². The number of carbonyl (C=O) groups excluding carboxylic acids is 2. The van der Waals surface area contributed by atoms with Crippen molar-refractivity contribution in [3.05, 3.63) is 70.4 Å². The minimum Gasteiger partial charge on any atom is -0.449 e. The van der Waals surface area contributed by atoms with E-state index >= 15 is 0 Å². The monoisotopic (exact) mass is 481 g/mol. The second kappa shape index (κ2) is 10.3. The largest absolute Gasteiger partial charge is 0.490 e. The van der Waals surface area contributed by atoms with E-state index in [0.29, 0.717) is 28.1 Å². The molecular weight excluding hydrogens is 459 g/mol. The summed E-state index contributed by atoms with van der Waals surface area (Å²) in [6.07, 6.45) is -3.96. The fourth-order valence-corrected chi connectivity index (χ4v) is 3.74. The molecule has 3 N–H and O–H groups in total. The number of ether oxygens (including phenoxy) is 1. The van der Waals surface area contributed by atoms with E-state index in [9.17, 15) is 22.8 Å². The molecule has 0 saturated heterocycles. The summed E-state index contributed by atoms with van der Waals surface area (Å²) in [5.74, 6) is -2.48. The molecular formula is C23H23ClF3N3O3. The van der Waals surface area contributed by atoms with Crippen LogP contribution in [0.25, 0.3) is 10.9 Å². The third kappa shape index (κ3) is 6.06. The minimum absolute atomic E-state index is 0.0465. The Morgan fingerprint density at radius 2 is 1.91 bits per heavy atom. The molecule has 6 nitrogen and oxygen atoms in total. The van der Waals surface area contributed by atoms with Gasteiger partial charge in [0.25, 0.3) is 5.91 Å². The van der Waals surface area contributed by atoms with Gasteiger partial charge in [-0.15, -0.1) is 0 Å². The molecule has 0 radical (unpaired) electrons. The predicted molar refractivity (Wildman–Crippen MR) is 119 cm³/mol. The van der Waals surface area contributed by atoms with Crippen molar-refractivity contribution in [2.75, 3.05) is 13.6 Å². The van der Waals surface area contributed by atoms with E-state index in [2.05, 4.69) is 15.6 Å². The number of fused-ring (bicyclic) bond motifs is 1. The third-order valence-corrected chi connectivity index (χ3v) is 5.39. The average molecular weight is 482 g/mol. The molecule has 2 aromatic carbocycles. The maximum Gasteiger partial charge on any atom is 0.490 e. The quantitative estimate of drug-likeness (QED) is 0.412. The first kappa shape index (κ1) is 24.6. The molecule has 1 heterocycles. The second-order valence-corrected chi connectivity index (χ2v) is 8.02. The van der Waals surface area contributed by atoms with Crippen molar-refractivity contribution in [2.24, 2.45) is 0 Å². The number of H-pyrrole nitrogens is 1. The van der Waals surface area contributed by atoms with Gasteiger partial charge in [0.05, 0.1) is 11.1 Å². The molecule has 3 aromatic rings. The zero-order valence-electron chi connectivity index (χ0n) is 17.9. The normalized spacial score (nSPS) is 13.5. The van der Waals surface area contributed by atoms with Crippen molar-refractivity contribution in [2.45, 2.75) is 31.7 Å². The fraction of sp³-hybridized carbons (Fsp3) is 0.304. The number of amides is 1. The van der Waals surface area contributed by atoms with Gasteiger partial charge in [0.1, 0.15) is 6.10 Å². The van der Waals surface area contributed by atoms with Crippen LogP contribution >= 0.6 is 11.6 Å². The SMILES string of the molecule is CNC(=O)c1cccc2c(C[C@@H](C)NC[C@@H](OC(=O)C(F)(F)F)c3cccc(Cl)c3)c[nH]c12. The Hall–Kier alpha value is -3.04.